The highest BCUT2D eigenvalue weighted by Gasteiger charge is 2.07. The van der Waals surface area contributed by atoms with Crippen molar-refractivity contribution in [2.75, 3.05) is 0 Å². The lowest BCUT2D eigenvalue weighted by Crippen LogP contribution is -1.84. The summed E-state index contributed by atoms with van der Waals surface area (Å²) in [7, 11) is 0. The van der Waals surface area contributed by atoms with E-state index in [1.54, 1.807) is 18.2 Å². The molecule has 2 aromatic rings. The molecular formula is C12H10O4. The van der Waals surface area contributed by atoms with E-state index in [0.29, 0.717) is 5.75 Å². The zero-order valence-electron chi connectivity index (χ0n) is 8.29. The van der Waals surface area contributed by atoms with Gasteiger partial charge in [0.1, 0.15) is 11.5 Å². The summed E-state index contributed by atoms with van der Waals surface area (Å²) in [6, 6.07) is 10.5. The minimum Gasteiger partial charge on any atom is -0.508 e. The van der Waals surface area contributed by atoms with E-state index in [4.69, 9.17) is 9.84 Å². The van der Waals surface area contributed by atoms with E-state index in [9.17, 15) is 10.2 Å². The van der Waals surface area contributed by atoms with Crippen molar-refractivity contribution in [3.05, 3.63) is 42.5 Å². The fourth-order valence-electron chi connectivity index (χ4n) is 1.23. The minimum absolute atomic E-state index is 0.132. The van der Waals surface area contributed by atoms with Crippen LogP contribution >= 0.6 is 0 Å². The van der Waals surface area contributed by atoms with Crippen molar-refractivity contribution < 1.29 is 20.1 Å². The van der Waals surface area contributed by atoms with E-state index in [1.165, 1.54) is 24.3 Å². The van der Waals surface area contributed by atoms with Gasteiger partial charge in [0.2, 0.25) is 5.75 Å². The number of hydrogen-bond donors (Lipinski definition) is 3. The summed E-state index contributed by atoms with van der Waals surface area (Å²) in [6.07, 6.45) is 0. The third-order valence-electron chi connectivity index (χ3n) is 2.04. The molecule has 0 aliphatic carbocycles. The Morgan fingerprint density at radius 2 is 1.50 bits per heavy atom. The molecule has 0 saturated heterocycles. The van der Waals surface area contributed by atoms with Crippen LogP contribution in [0.15, 0.2) is 42.5 Å². The quantitative estimate of drug-likeness (QED) is 0.677. The van der Waals surface area contributed by atoms with Crippen LogP contribution in [0.25, 0.3) is 0 Å². The van der Waals surface area contributed by atoms with Crippen molar-refractivity contribution in [3.63, 3.8) is 0 Å². The Morgan fingerprint density at radius 1 is 0.812 bits per heavy atom. The van der Waals surface area contributed by atoms with Crippen molar-refractivity contribution >= 4 is 0 Å². The molecule has 0 aliphatic heterocycles. The minimum atomic E-state index is -0.310. The molecular weight excluding hydrogens is 208 g/mol. The van der Waals surface area contributed by atoms with Crippen LogP contribution < -0.4 is 4.74 Å². The number of ether oxygens (including phenoxy) is 1. The van der Waals surface area contributed by atoms with Crippen molar-refractivity contribution in [3.8, 4) is 28.7 Å². The summed E-state index contributed by atoms with van der Waals surface area (Å²) < 4.78 is 5.32. The maximum Gasteiger partial charge on any atom is 0.201 e. The van der Waals surface area contributed by atoms with E-state index in [2.05, 4.69) is 0 Å². The van der Waals surface area contributed by atoms with E-state index in [1.807, 2.05) is 0 Å². The number of phenols is 3. The summed E-state index contributed by atoms with van der Waals surface area (Å²) in [5.74, 6) is 0.198. The molecule has 0 fully saturated rings. The Hall–Kier alpha value is -2.36. The maximum absolute atomic E-state index is 9.49. The maximum atomic E-state index is 9.49. The van der Waals surface area contributed by atoms with Gasteiger partial charge in [-0.2, -0.15) is 0 Å². The van der Waals surface area contributed by atoms with Gasteiger partial charge in [0.15, 0.2) is 11.5 Å². The molecule has 3 N–H and O–H groups in total. The molecule has 0 amide bonds. The Labute approximate surface area is 92.0 Å². The van der Waals surface area contributed by atoms with Gasteiger partial charge in [0, 0.05) is 0 Å². The molecule has 0 unspecified atom stereocenters. The second-order valence-electron chi connectivity index (χ2n) is 3.22. The van der Waals surface area contributed by atoms with Gasteiger partial charge in [0.05, 0.1) is 0 Å². The van der Waals surface area contributed by atoms with Crippen molar-refractivity contribution in [2.24, 2.45) is 0 Å². The normalized spacial score (nSPS) is 10.0. The van der Waals surface area contributed by atoms with E-state index < -0.39 is 0 Å². The molecule has 0 saturated carbocycles. The first-order chi connectivity index (χ1) is 7.66. The standard InChI is InChI=1S/C12H10O4/c13-8-4-6-9(7-5-8)16-11-3-1-2-10(14)12(11)15/h1-7,13-15H. The smallest absolute Gasteiger partial charge is 0.201 e. The van der Waals surface area contributed by atoms with Gasteiger partial charge in [0.25, 0.3) is 0 Å². The summed E-state index contributed by atoms with van der Waals surface area (Å²) in [4.78, 5) is 0. The third kappa shape index (κ3) is 2.00. The molecule has 4 heteroatoms. The van der Waals surface area contributed by atoms with Crippen molar-refractivity contribution in [2.45, 2.75) is 0 Å². The van der Waals surface area contributed by atoms with Crippen LogP contribution in [0.3, 0.4) is 0 Å². The Balaban J connectivity index is 2.27. The lowest BCUT2D eigenvalue weighted by atomic mass is 10.3. The van der Waals surface area contributed by atoms with Crippen LogP contribution in [0, 0.1) is 0 Å². The predicted octanol–water partition coefficient (Wildman–Crippen LogP) is 2.60. The Morgan fingerprint density at radius 3 is 2.19 bits per heavy atom. The lowest BCUT2D eigenvalue weighted by Gasteiger charge is -2.08. The molecule has 0 bridgehead atoms. The van der Waals surface area contributed by atoms with Crippen LogP contribution in [0.4, 0.5) is 0 Å². The number of para-hydroxylation sites is 1. The van der Waals surface area contributed by atoms with Gasteiger partial charge in [-0.15, -0.1) is 0 Å². The van der Waals surface area contributed by atoms with Crippen LogP contribution in [-0.4, -0.2) is 15.3 Å². The highest BCUT2D eigenvalue weighted by molar-refractivity contribution is 5.50. The summed E-state index contributed by atoms with van der Waals surface area (Å²) >= 11 is 0. The largest absolute Gasteiger partial charge is 0.508 e. The summed E-state index contributed by atoms with van der Waals surface area (Å²) in [5.41, 5.74) is 0. The predicted molar refractivity (Wildman–Crippen MR) is 58.0 cm³/mol. The van der Waals surface area contributed by atoms with Crippen LogP contribution in [0.1, 0.15) is 0 Å². The number of benzene rings is 2. The first-order valence-corrected chi connectivity index (χ1v) is 4.64. The fraction of sp³-hybridized carbons (Fsp3) is 0. The summed E-state index contributed by atoms with van der Waals surface area (Å²) in [5, 5.41) is 27.8. The molecule has 0 atom stereocenters. The second kappa shape index (κ2) is 4.02. The van der Waals surface area contributed by atoms with Crippen LogP contribution in [0.2, 0.25) is 0 Å². The highest BCUT2D eigenvalue weighted by atomic mass is 16.5. The molecule has 0 heterocycles. The third-order valence-corrected chi connectivity index (χ3v) is 2.04. The molecule has 0 aromatic heterocycles. The zero-order chi connectivity index (χ0) is 11.5. The molecule has 0 radical (unpaired) electrons. The van der Waals surface area contributed by atoms with Gasteiger partial charge < -0.3 is 20.1 Å². The van der Waals surface area contributed by atoms with Crippen LogP contribution in [-0.2, 0) is 0 Å². The SMILES string of the molecule is Oc1ccc(Oc2cccc(O)c2O)cc1. The monoisotopic (exact) mass is 218 g/mol. The number of phenolic OH excluding ortho intramolecular Hbond substituents is 3. The molecule has 0 spiro atoms. The van der Waals surface area contributed by atoms with Gasteiger partial charge >= 0.3 is 0 Å². The van der Waals surface area contributed by atoms with Crippen molar-refractivity contribution in [1.29, 1.82) is 0 Å². The van der Waals surface area contributed by atoms with Gasteiger partial charge in [-0.25, -0.2) is 0 Å². The molecule has 4 nitrogen and oxygen atoms in total. The first kappa shape index (κ1) is 10.2. The van der Waals surface area contributed by atoms with E-state index in [0.717, 1.165) is 0 Å². The topological polar surface area (TPSA) is 69.9 Å². The van der Waals surface area contributed by atoms with Gasteiger partial charge in [-0.3, -0.25) is 0 Å². The zero-order valence-corrected chi connectivity index (χ0v) is 8.29. The number of aromatic hydroxyl groups is 3. The molecule has 2 rings (SSSR count). The molecule has 2 aromatic carbocycles. The second-order valence-corrected chi connectivity index (χ2v) is 3.22. The lowest BCUT2D eigenvalue weighted by molar-refractivity contribution is 0.372. The average molecular weight is 218 g/mol. The average Bonchev–Trinajstić information content (AvgIpc) is 2.28. The molecule has 0 aliphatic rings. The van der Waals surface area contributed by atoms with E-state index >= 15 is 0 Å². The first-order valence-electron chi connectivity index (χ1n) is 4.64. The van der Waals surface area contributed by atoms with E-state index in [-0.39, 0.29) is 23.0 Å². The Kier molecular flexibility index (Phi) is 2.55. The molecule has 16 heavy (non-hydrogen) atoms. The highest BCUT2D eigenvalue weighted by Crippen LogP contribution is 2.37. The molecule has 82 valence electrons. The van der Waals surface area contributed by atoms with Gasteiger partial charge in [-0.05, 0) is 36.4 Å². The van der Waals surface area contributed by atoms with Crippen LogP contribution in [0.5, 0.6) is 28.7 Å². The summed E-state index contributed by atoms with van der Waals surface area (Å²) in [6.45, 7) is 0. The van der Waals surface area contributed by atoms with Gasteiger partial charge in [-0.1, -0.05) is 6.07 Å². The fourth-order valence-corrected chi connectivity index (χ4v) is 1.23. The number of rotatable bonds is 2. The Bertz CT molecular complexity index is 491. The number of hydrogen-bond acceptors (Lipinski definition) is 4. The van der Waals surface area contributed by atoms with Crippen molar-refractivity contribution in [1.82, 2.24) is 0 Å².